The Labute approximate surface area is 140 Å². The zero-order valence-corrected chi connectivity index (χ0v) is 14.1. The van der Waals surface area contributed by atoms with E-state index in [1.165, 1.54) is 0 Å². The number of ether oxygens (including phenoxy) is 1. The molecule has 0 bridgehead atoms. The van der Waals surface area contributed by atoms with Crippen LogP contribution in [0.25, 0.3) is 0 Å². The van der Waals surface area contributed by atoms with Gasteiger partial charge in [-0.2, -0.15) is 0 Å². The third-order valence-corrected chi connectivity index (χ3v) is 3.62. The summed E-state index contributed by atoms with van der Waals surface area (Å²) in [6.07, 6.45) is 1.47. The van der Waals surface area contributed by atoms with Crippen LogP contribution in [0.15, 0.2) is 18.2 Å². The normalized spacial score (nSPS) is 11.6. The molecule has 0 aliphatic carbocycles. The molecule has 0 saturated carbocycles. The van der Waals surface area contributed by atoms with E-state index in [-0.39, 0.29) is 24.2 Å². The summed E-state index contributed by atoms with van der Waals surface area (Å²) in [5, 5.41) is 0.964. The number of carbonyl (C=O) groups excluding carboxylic acids is 2. The smallest absolute Gasteiger partial charge is 0.241 e. The first-order valence-electron chi connectivity index (χ1n) is 7.10. The second kappa shape index (κ2) is 9.54. The number of benzene rings is 1. The van der Waals surface area contributed by atoms with Crippen LogP contribution in [0, 0.1) is 5.92 Å². The molecule has 1 aromatic rings. The highest BCUT2D eigenvalue weighted by atomic mass is 35.5. The van der Waals surface area contributed by atoms with E-state index in [0.717, 1.165) is 6.42 Å². The SMILES string of the molecule is CCC(C)C(=O)NNC(=O)CCCOc1ccc(Cl)cc1Cl. The van der Waals surface area contributed by atoms with Crippen LogP contribution >= 0.6 is 23.2 Å². The van der Waals surface area contributed by atoms with Crippen molar-refractivity contribution in [3.05, 3.63) is 28.2 Å². The number of hydrogen-bond donors (Lipinski definition) is 2. The fourth-order valence-electron chi connectivity index (χ4n) is 1.51. The molecule has 7 heteroatoms. The monoisotopic (exact) mass is 346 g/mol. The van der Waals surface area contributed by atoms with E-state index in [4.69, 9.17) is 27.9 Å². The highest BCUT2D eigenvalue weighted by molar-refractivity contribution is 6.35. The highest BCUT2D eigenvalue weighted by Gasteiger charge is 2.11. The predicted octanol–water partition coefficient (Wildman–Crippen LogP) is 3.35. The summed E-state index contributed by atoms with van der Waals surface area (Å²) in [4.78, 5) is 23.0. The van der Waals surface area contributed by atoms with Crippen LogP contribution in [0.1, 0.15) is 33.1 Å². The Bertz CT molecular complexity index is 524. The summed E-state index contributed by atoms with van der Waals surface area (Å²) in [6, 6.07) is 4.95. The molecular weight excluding hydrogens is 327 g/mol. The van der Waals surface area contributed by atoms with Gasteiger partial charge < -0.3 is 4.74 Å². The second-order valence-corrected chi connectivity index (χ2v) is 5.72. The van der Waals surface area contributed by atoms with Crippen molar-refractivity contribution in [2.45, 2.75) is 33.1 Å². The van der Waals surface area contributed by atoms with Crippen LogP contribution in [0.5, 0.6) is 5.75 Å². The van der Waals surface area contributed by atoms with Crippen molar-refractivity contribution in [3.8, 4) is 5.75 Å². The van der Waals surface area contributed by atoms with Gasteiger partial charge in [0, 0.05) is 17.4 Å². The van der Waals surface area contributed by atoms with E-state index < -0.39 is 0 Å². The van der Waals surface area contributed by atoms with Crippen LogP contribution in [-0.4, -0.2) is 18.4 Å². The van der Waals surface area contributed by atoms with E-state index in [9.17, 15) is 9.59 Å². The van der Waals surface area contributed by atoms with Crippen LogP contribution < -0.4 is 15.6 Å². The number of hydrogen-bond acceptors (Lipinski definition) is 3. The lowest BCUT2D eigenvalue weighted by atomic mass is 10.1. The first-order chi connectivity index (χ1) is 10.4. The number of rotatable bonds is 7. The first kappa shape index (κ1) is 18.6. The van der Waals surface area contributed by atoms with Crippen LogP contribution in [0.3, 0.4) is 0 Å². The van der Waals surface area contributed by atoms with E-state index in [1.807, 2.05) is 6.92 Å². The molecule has 1 atom stereocenters. The van der Waals surface area contributed by atoms with Gasteiger partial charge in [-0.05, 0) is 31.0 Å². The number of halogens is 2. The molecule has 0 aliphatic heterocycles. The predicted molar refractivity (Wildman–Crippen MR) is 86.9 cm³/mol. The second-order valence-electron chi connectivity index (χ2n) is 4.87. The van der Waals surface area contributed by atoms with Crippen LogP contribution in [0.4, 0.5) is 0 Å². The maximum absolute atomic E-state index is 11.6. The average molecular weight is 347 g/mol. The summed E-state index contributed by atoms with van der Waals surface area (Å²) in [5.41, 5.74) is 4.77. The molecule has 5 nitrogen and oxygen atoms in total. The lowest BCUT2D eigenvalue weighted by Gasteiger charge is -2.11. The topological polar surface area (TPSA) is 67.4 Å². The van der Waals surface area contributed by atoms with Crippen molar-refractivity contribution < 1.29 is 14.3 Å². The maximum Gasteiger partial charge on any atom is 0.241 e. The lowest BCUT2D eigenvalue weighted by molar-refractivity contribution is -0.131. The molecule has 1 rings (SSSR count). The summed E-state index contributed by atoms with van der Waals surface area (Å²) >= 11 is 11.7. The summed E-state index contributed by atoms with van der Waals surface area (Å²) in [5.74, 6) is -0.0604. The van der Waals surface area contributed by atoms with Crippen LogP contribution in [0.2, 0.25) is 10.0 Å². The fourth-order valence-corrected chi connectivity index (χ4v) is 1.97. The van der Waals surface area contributed by atoms with Gasteiger partial charge in [0.05, 0.1) is 11.6 Å². The van der Waals surface area contributed by atoms with Gasteiger partial charge in [0.15, 0.2) is 0 Å². The molecule has 122 valence electrons. The van der Waals surface area contributed by atoms with Gasteiger partial charge in [-0.15, -0.1) is 0 Å². The molecule has 0 saturated heterocycles. The van der Waals surface area contributed by atoms with E-state index in [2.05, 4.69) is 10.9 Å². The van der Waals surface area contributed by atoms with Gasteiger partial charge in [-0.25, -0.2) is 0 Å². The number of hydrazine groups is 1. The van der Waals surface area contributed by atoms with Gasteiger partial charge in [0.25, 0.3) is 0 Å². The zero-order valence-electron chi connectivity index (χ0n) is 12.6. The first-order valence-corrected chi connectivity index (χ1v) is 7.86. The van der Waals surface area contributed by atoms with E-state index in [0.29, 0.717) is 28.8 Å². The molecule has 0 spiro atoms. The van der Waals surface area contributed by atoms with Crippen molar-refractivity contribution in [2.24, 2.45) is 5.92 Å². The van der Waals surface area contributed by atoms with E-state index in [1.54, 1.807) is 25.1 Å². The number of carbonyl (C=O) groups is 2. The number of amides is 2. The Hall–Kier alpha value is -1.46. The van der Waals surface area contributed by atoms with Crippen LogP contribution in [-0.2, 0) is 9.59 Å². The quantitative estimate of drug-likeness (QED) is 0.587. The van der Waals surface area contributed by atoms with Gasteiger partial charge in [0.1, 0.15) is 5.75 Å². The minimum absolute atomic E-state index is 0.129. The Kier molecular flexibility index (Phi) is 8.06. The molecule has 2 N–H and O–H groups in total. The van der Waals surface area contributed by atoms with Gasteiger partial charge in [-0.1, -0.05) is 37.0 Å². The Morgan fingerprint density at radius 2 is 2.00 bits per heavy atom. The van der Waals surface area contributed by atoms with Crippen molar-refractivity contribution in [2.75, 3.05) is 6.61 Å². The Balaban J connectivity index is 2.21. The molecule has 0 heterocycles. The largest absolute Gasteiger partial charge is 0.492 e. The van der Waals surface area contributed by atoms with Gasteiger partial charge in [-0.3, -0.25) is 20.4 Å². The number of nitrogens with one attached hydrogen (secondary N) is 2. The summed E-state index contributed by atoms with van der Waals surface area (Å²) in [6.45, 7) is 4.05. The van der Waals surface area contributed by atoms with Crippen molar-refractivity contribution in [1.82, 2.24) is 10.9 Å². The van der Waals surface area contributed by atoms with Gasteiger partial charge in [0.2, 0.25) is 11.8 Å². The summed E-state index contributed by atoms with van der Waals surface area (Å²) in [7, 11) is 0. The minimum atomic E-state index is -0.262. The molecule has 0 fully saturated rings. The molecule has 1 aromatic carbocycles. The van der Waals surface area contributed by atoms with E-state index >= 15 is 0 Å². The van der Waals surface area contributed by atoms with Crippen molar-refractivity contribution in [3.63, 3.8) is 0 Å². The molecule has 2 amide bonds. The standard InChI is InChI=1S/C15H20Cl2N2O3/c1-3-10(2)15(21)19-18-14(20)5-4-8-22-13-7-6-11(16)9-12(13)17/h6-7,9-10H,3-5,8H2,1-2H3,(H,18,20)(H,19,21). The molecule has 0 aromatic heterocycles. The maximum atomic E-state index is 11.6. The fraction of sp³-hybridized carbons (Fsp3) is 0.467. The molecule has 1 unspecified atom stereocenters. The molecule has 22 heavy (non-hydrogen) atoms. The molecule has 0 aliphatic rings. The lowest BCUT2D eigenvalue weighted by Crippen LogP contribution is -2.43. The highest BCUT2D eigenvalue weighted by Crippen LogP contribution is 2.27. The third kappa shape index (κ3) is 6.54. The third-order valence-electron chi connectivity index (χ3n) is 3.08. The summed E-state index contributed by atoms with van der Waals surface area (Å²) < 4.78 is 5.47. The Morgan fingerprint density at radius 1 is 1.27 bits per heavy atom. The van der Waals surface area contributed by atoms with Crippen molar-refractivity contribution in [1.29, 1.82) is 0 Å². The van der Waals surface area contributed by atoms with Gasteiger partial charge >= 0.3 is 0 Å². The molecule has 0 radical (unpaired) electrons. The Morgan fingerprint density at radius 3 is 2.64 bits per heavy atom. The minimum Gasteiger partial charge on any atom is -0.492 e. The average Bonchev–Trinajstić information content (AvgIpc) is 2.49. The molecular formula is C15H20Cl2N2O3. The zero-order chi connectivity index (χ0) is 16.5. The van der Waals surface area contributed by atoms with Crippen molar-refractivity contribution >= 4 is 35.0 Å².